The molecule has 160 valence electrons. The molecule has 5 rings (SSSR count). The van der Waals surface area contributed by atoms with Crippen molar-refractivity contribution in [2.75, 3.05) is 16.8 Å². The Labute approximate surface area is 181 Å². The van der Waals surface area contributed by atoms with E-state index in [1.807, 2.05) is 24.3 Å². The summed E-state index contributed by atoms with van der Waals surface area (Å²) in [5.74, 6) is -2.48. The maximum absolute atomic E-state index is 14.0. The van der Waals surface area contributed by atoms with E-state index in [-0.39, 0.29) is 30.5 Å². The number of hydrogen-bond donors (Lipinski definition) is 1. The van der Waals surface area contributed by atoms with Crippen molar-refractivity contribution in [1.29, 1.82) is 0 Å². The maximum atomic E-state index is 14.0. The average Bonchev–Trinajstić information content (AvgIpc) is 3.38. The standard InChI is InChI=1S/C24H17F2N3O3/c25-16-7-10-20(18(26)12-16)29-13-15(11-22(29)30)23(31)27-17-8-5-14(6-9-17)24-28-19-3-1-2-4-21(19)32-24/h1-10,12,15H,11,13H2,(H,27,31). The van der Waals surface area contributed by atoms with Gasteiger partial charge in [-0.15, -0.1) is 0 Å². The van der Waals surface area contributed by atoms with Gasteiger partial charge in [-0.25, -0.2) is 13.8 Å². The van der Waals surface area contributed by atoms with Crippen molar-refractivity contribution in [1.82, 2.24) is 4.98 Å². The van der Waals surface area contributed by atoms with Crippen LogP contribution in [0.2, 0.25) is 0 Å². The molecule has 2 amide bonds. The van der Waals surface area contributed by atoms with Gasteiger partial charge in [0.25, 0.3) is 0 Å². The Balaban J connectivity index is 1.27. The fraction of sp³-hybridized carbons (Fsp3) is 0.125. The minimum Gasteiger partial charge on any atom is -0.436 e. The molecule has 0 aliphatic carbocycles. The highest BCUT2D eigenvalue weighted by Gasteiger charge is 2.36. The smallest absolute Gasteiger partial charge is 0.229 e. The summed E-state index contributed by atoms with van der Waals surface area (Å²) in [5.41, 5.74) is 2.72. The summed E-state index contributed by atoms with van der Waals surface area (Å²) in [7, 11) is 0. The SMILES string of the molecule is O=C(Nc1ccc(-c2nc3ccccc3o2)cc1)C1CC(=O)N(c2ccc(F)cc2F)C1. The van der Waals surface area contributed by atoms with Crippen LogP contribution < -0.4 is 10.2 Å². The predicted molar refractivity (Wildman–Crippen MR) is 115 cm³/mol. The van der Waals surface area contributed by atoms with Crippen molar-refractivity contribution in [3.05, 3.63) is 78.4 Å². The second kappa shape index (κ2) is 7.88. The molecule has 1 aliphatic rings. The van der Waals surface area contributed by atoms with Gasteiger partial charge in [-0.3, -0.25) is 9.59 Å². The van der Waals surface area contributed by atoms with Gasteiger partial charge in [0, 0.05) is 30.3 Å². The Morgan fingerprint density at radius 2 is 1.84 bits per heavy atom. The fourth-order valence-electron chi connectivity index (χ4n) is 3.75. The summed E-state index contributed by atoms with van der Waals surface area (Å²) in [6.45, 7) is 0.0220. The number of carbonyl (C=O) groups is 2. The van der Waals surface area contributed by atoms with Crippen molar-refractivity contribution < 1.29 is 22.8 Å². The third kappa shape index (κ3) is 3.71. The topological polar surface area (TPSA) is 75.4 Å². The summed E-state index contributed by atoms with van der Waals surface area (Å²) in [6.07, 6.45) is -0.0519. The van der Waals surface area contributed by atoms with Crippen molar-refractivity contribution in [2.45, 2.75) is 6.42 Å². The Hall–Kier alpha value is -4.07. The predicted octanol–water partition coefficient (Wildman–Crippen LogP) is 4.76. The zero-order valence-electron chi connectivity index (χ0n) is 16.7. The van der Waals surface area contributed by atoms with Crippen molar-refractivity contribution in [2.24, 2.45) is 5.92 Å². The first-order valence-electron chi connectivity index (χ1n) is 10.0. The molecule has 0 radical (unpaired) electrons. The Morgan fingerprint density at radius 1 is 1.06 bits per heavy atom. The van der Waals surface area contributed by atoms with Crippen LogP contribution in [-0.4, -0.2) is 23.3 Å². The normalized spacial score (nSPS) is 16.0. The van der Waals surface area contributed by atoms with Gasteiger partial charge in [-0.2, -0.15) is 0 Å². The molecule has 4 aromatic rings. The largest absolute Gasteiger partial charge is 0.436 e. The number of benzene rings is 3. The number of nitrogens with zero attached hydrogens (tertiary/aromatic N) is 2. The summed E-state index contributed by atoms with van der Waals surface area (Å²) in [6, 6.07) is 17.4. The summed E-state index contributed by atoms with van der Waals surface area (Å²) in [4.78, 5) is 30.6. The molecular formula is C24H17F2N3O3. The fourth-order valence-corrected chi connectivity index (χ4v) is 3.75. The number of oxazole rings is 1. The van der Waals surface area contributed by atoms with Gasteiger partial charge < -0.3 is 14.6 Å². The van der Waals surface area contributed by atoms with Crippen LogP contribution in [-0.2, 0) is 9.59 Å². The van der Waals surface area contributed by atoms with E-state index >= 15 is 0 Å². The van der Waals surface area contributed by atoms with Gasteiger partial charge in [-0.1, -0.05) is 12.1 Å². The van der Waals surface area contributed by atoms with Crippen LogP contribution in [0.15, 0.2) is 71.1 Å². The highest BCUT2D eigenvalue weighted by molar-refractivity contribution is 6.03. The molecule has 8 heteroatoms. The first-order chi connectivity index (χ1) is 15.5. The van der Waals surface area contributed by atoms with E-state index in [0.29, 0.717) is 23.2 Å². The number of hydrogen-bond acceptors (Lipinski definition) is 4. The minimum absolute atomic E-state index is 0.0220. The van der Waals surface area contributed by atoms with Crippen LogP contribution in [0.25, 0.3) is 22.6 Å². The number of rotatable bonds is 4. The number of aromatic nitrogens is 1. The Kier molecular flexibility index (Phi) is 4.89. The van der Waals surface area contributed by atoms with Crippen molar-refractivity contribution in [3.8, 4) is 11.5 Å². The van der Waals surface area contributed by atoms with Gasteiger partial charge in [-0.05, 0) is 48.5 Å². The van der Waals surface area contributed by atoms with Gasteiger partial charge in [0.2, 0.25) is 17.7 Å². The van der Waals surface area contributed by atoms with Crippen molar-refractivity contribution in [3.63, 3.8) is 0 Å². The molecule has 0 spiro atoms. The molecule has 3 aromatic carbocycles. The highest BCUT2D eigenvalue weighted by atomic mass is 19.1. The van der Waals surface area contributed by atoms with Crippen LogP contribution in [0.5, 0.6) is 0 Å². The number of fused-ring (bicyclic) bond motifs is 1. The zero-order chi connectivity index (χ0) is 22.2. The van der Waals surface area contributed by atoms with E-state index in [2.05, 4.69) is 10.3 Å². The molecule has 1 unspecified atom stereocenters. The van der Waals surface area contributed by atoms with E-state index in [0.717, 1.165) is 17.1 Å². The number of amides is 2. The average molecular weight is 433 g/mol. The first-order valence-corrected chi connectivity index (χ1v) is 10.0. The third-order valence-corrected chi connectivity index (χ3v) is 5.39. The molecule has 2 heterocycles. The molecule has 1 aliphatic heterocycles. The van der Waals surface area contributed by atoms with E-state index in [9.17, 15) is 18.4 Å². The van der Waals surface area contributed by atoms with E-state index in [1.54, 1.807) is 24.3 Å². The molecular weight excluding hydrogens is 416 g/mol. The molecule has 0 saturated carbocycles. The minimum atomic E-state index is -0.839. The number of nitrogens with one attached hydrogen (secondary N) is 1. The molecule has 0 bridgehead atoms. The Bertz CT molecular complexity index is 1300. The quantitative estimate of drug-likeness (QED) is 0.503. The lowest BCUT2D eigenvalue weighted by Crippen LogP contribution is -2.28. The second-order valence-electron chi connectivity index (χ2n) is 7.55. The van der Waals surface area contributed by atoms with Crippen LogP contribution >= 0.6 is 0 Å². The van der Waals surface area contributed by atoms with Crippen LogP contribution in [0.3, 0.4) is 0 Å². The number of carbonyl (C=O) groups excluding carboxylic acids is 2. The highest BCUT2D eigenvalue weighted by Crippen LogP contribution is 2.29. The summed E-state index contributed by atoms with van der Waals surface area (Å²) >= 11 is 0. The summed E-state index contributed by atoms with van der Waals surface area (Å²) < 4.78 is 32.9. The van der Waals surface area contributed by atoms with Crippen molar-refractivity contribution >= 4 is 34.3 Å². The lowest BCUT2D eigenvalue weighted by atomic mass is 10.1. The van der Waals surface area contributed by atoms with Crippen LogP contribution in [0, 0.1) is 17.6 Å². The molecule has 6 nitrogen and oxygen atoms in total. The second-order valence-corrected chi connectivity index (χ2v) is 7.55. The first kappa shape index (κ1) is 19.9. The molecule has 1 aromatic heterocycles. The van der Waals surface area contributed by atoms with Gasteiger partial charge in [0.05, 0.1) is 11.6 Å². The number of halogens is 2. The number of anilines is 2. The van der Waals surface area contributed by atoms with Crippen LogP contribution in [0.4, 0.5) is 20.2 Å². The van der Waals surface area contributed by atoms with E-state index in [1.165, 1.54) is 11.0 Å². The molecule has 1 fully saturated rings. The maximum Gasteiger partial charge on any atom is 0.229 e. The zero-order valence-corrected chi connectivity index (χ0v) is 16.7. The lowest BCUT2D eigenvalue weighted by molar-refractivity contribution is -0.122. The molecule has 1 saturated heterocycles. The summed E-state index contributed by atoms with van der Waals surface area (Å²) in [5, 5.41) is 2.78. The van der Waals surface area contributed by atoms with Gasteiger partial charge in [0.15, 0.2) is 5.58 Å². The number of para-hydroxylation sites is 2. The monoisotopic (exact) mass is 433 g/mol. The lowest BCUT2D eigenvalue weighted by Gasteiger charge is -2.17. The molecule has 1 atom stereocenters. The molecule has 1 N–H and O–H groups in total. The van der Waals surface area contributed by atoms with E-state index < -0.39 is 17.6 Å². The van der Waals surface area contributed by atoms with Gasteiger partial charge >= 0.3 is 0 Å². The Morgan fingerprint density at radius 3 is 2.59 bits per heavy atom. The van der Waals surface area contributed by atoms with E-state index in [4.69, 9.17) is 4.42 Å². The van der Waals surface area contributed by atoms with Gasteiger partial charge in [0.1, 0.15) is 17.2 Å². The molecule has 32 heavy (non-hydrogen) atoms. The van der Waals surface area contributed by atoms with Crippen LogP contribution in [0.1, 0.15) is 6.42 Å². The third-order valence-electron chi connectivity index (χ3n) is 5.39.